The Hall–Kier alpha value is -1.62. The number of piperidine rings is 1. The third-order valence-electron chi connectivity index (χ3n) is 4.10. The molecule has 1 aliphatic rings. The van der Waals surface area contributed by atoms with Crippen LogP contribution in [0.2, 0.25) is 0 Å². The molecule has 23 heavy (non-hydrogen) atoms. The lowest BCUT2D eigenvalue weighted by molar-refractivity contribution is 0.00993. The van der Waals surface area contributed by atoms with Gasteiger partial charge in [-0.15, -0.1) is 0 Å². The number of amides is 1. The molecule has 1 aromatic heterocycles. The molecular formula is C18H29N3O2. The van der Waals surface area contributed by atoms with E-state index in [1.165, 1.54) is 11.1 Å². The van der Waals surface area contributed by atoms with Crippen LogP contribution in [0.4, 0.5) is 4.79 Å². The number of hydrogen-bond donors (Lipinski definition) is 1. The molecule has 1 saturated heterocycles. The van der Waals surface area contributed by atoms with Crippen molar-refractivity contribution < 1.29 is 9.53 Å². The van der Waals surface area contributed by atoms with Gasteiger partial charge in [0.05, 0.1) is 0 Å². The number of hydrogen-bond acceptors (Lipinski definition) is 4. The molecule has 1 N–H and O–H groups in total. The quantitative estimate of drug-likeness (QED) is 0.925. The van der Waals surface area contributed by atoms with Crippen molar-refractivity contribution in [3.8, 4) is 0 Å². The zero-order valence-corrected chi connectivity index (χ0v) is 14.8. The van der Waals surface area contributed by atoms with Crippen LogP contribution in [0.1, 0.15) is 51.2 Å². The highest BCUT2D eigenvalue weighted by molar-refractivity contribution is 5.68. The van der Waals surface area contributed by atoms with Crippen molar-refractivity contribution in [1.29, 1.82) is 0 Å². The normalized spacial score (nSPS) is 18.8. The highest BCUT2D eigenvalue weighted by Crippen LogP contribution is 2.20. The molecule has 2 rings (SSSR count). The molecular weight excluding hydrogens is 290 g/mol. The Morgan fingerprint density at radius 3 is 2.91 bits per heavy atom. The van der Waals surface area contributed by atoms with Crippen molar-refractivity contribution in [1.82, 2.24) is 15.2 Å². The summed E-state index contributed by atoms with van der Waals surface area (Å²) < 4.78 is 5.54. The molecule has 0 saturated carbocycles. The second-order valence-corrected chi connectivity index (χ2v) is 7.26. The number of pyridine rings is 1. The molecule has 1 aromatic rings. The van der Waals surface area contributed by atoms with E-state index in [0.717, 1.165) is 38.9 Å². The van der Waals surface area contributed by atoms with Gasteiger partial charge in [0, 0.05) is 38.1 Å². The Kier molecular flexibility index (Phi) is 5.99. The van der Waals surface area contributed by atoms with Crippen molar-refractivity contribution in [3.63, 3.8) is 0 Å². The van der Waals surface area contributed by atoms with Crippen molar-refractivity contribution in [2.75, 3.05) is 13.1 Å². The van der Waals surface area contributed by atoms with Crippen LogP contribution < -0.4 is 5.32 Å². The van der Waals surface area contributed by atoms with Gasteiger partial charge in [-0.3, -0.25) is 4.98 Å². The first-order valence-electron chi connectivity index (χ1n) is 8.46. The molecule has 1 fully saturated rings. The minimum atomic E-state index is -0.445. The van der Waals surface area contributed by atoms with Gasteiger partial charge in [-0.25, -0.2) is 4.79 Å². The summed E-state index contributed by atoms with van der Waals surface area (Å²) in [7, 11) is 0. The van der Waals surface area contributed by atoms with Gasteiger partial charge in [-0.2, -0.15) is 0 Å². The fourth-order valence-electron chi connectivity index (χ4n) is 2.83. The number of carbonyl (C=O) groups is 1. The first-order chi connectivity index (χ1) is 10.9. The summed E-state index contributed by atoms with van der Waals surface area (Å²) in [6.07, 6.45) is 6.76. The van der Waals surface area contributed by atoms with Crippen LogP contribution in [0, 0.1) is 6.92 Å². The second-order valence-electron chi connectivity index (χ2n) is 7.26. The standard InChI is InChI=1S/C18H29N3O2/c1-14-8-9-19-11-15(14)12-20-13-16-7-5-6-10-21(16)17(22)23-18(2,3)4/h8-9,11,16,20H,5-7,10,12-13H2,1-4H3. The Bertz CT molecular complexity index is 525. The minimum Gasteiger partial charge on any atom is -0.444 e. The third kappa shape index (κ3) is 5.50. The molecule has 0 spiro atoms. The fourth-order valence-corrected chi connectivity index (χ4v) is 2.83. The van der Waals surface area contributed by atoms with E-state index >= 15 is 0 Å². The van der Waals surface area contributed by atoms with Crippen LogP contribution >= 0.6 is 0 Å². The van der Waals surface area contributed by atoms with E-state index in [1.54, 1.807) is 0 Å². The third-order valence-corrected chi connectivity index (χ3v) is 4.10. The molecule has 2 heterocycles. The number of rotatable bonds is 4. The minimum absolute atomic E-state index is 0.193. The summed E-state index contributed by atoms with van der Waals surface area (Å²) in [6, 6.07) is 2.22. The van der Waals surface area contributed by atoms with E-state index in [4.69, 9.17) is 4.74 Å². The lowest BCUT2D eigenvalue weighted by Gasteiger charge is -2.37. The van der Waals surface area contributed by atoms with Crippen LogP contribution in [-0.4, -0.2) is 40.7 Å². The van der Waals surface area contributed by atoms with Crippen LogP contribution in [0.3, 0.4) is 0 Å². The van der Waals surface area contributed by atoms with Gasteiger partial charge in [0.1, 0.15) is 5.60 Å². The smallest absolute Gasteiger partial charge is 0.410 e. The summed E-state index contributed by atoms with van der Waals surface area (Å²) in [4.78, 5) is 18.4. The van der Waals surface area contributed by atoms with Crippen molar-refractivity contribution in [2.24, 2.45) is 0 Å². The van der Waals surface area contributed by atoms with E-state index in [9.17, 15) is 4.79 Å². The van der Waals surface area contributed by atoms with E-state index in [0.29, 0.717) is 0 Å². The first-order valence-corrected chi connectivity index (χ1v) is 8.46. The van der Waals surface area contributed by atoms with Crippen molar-refractivity contribution >= 4 is 6.09 Å². The highest BCUT2D eigenvalue weighted by atomic mass is 16.6. The molecule has 0 aliphatic carbocycles. The number of ether oxygens (including phenoxy) is 1. The Morgan fingerprint density at radius 1 is 1.43 bits per heavy atom. The summed E-state index contributed by atoms with van der Waals surface area (Å²) in [5.74, 6) is 0. The number of carbonyl (C=O) groups excluding carboxylic acids is 1. The largest absolute Gasteiger partial charge is 0.444 e. The maximum atomic E-state index is 12.4. The number of aryl methyl sites for hydroxylation is 1. The topological polar surface area (TPSA) is 54.5 Å². The molecule has 0 radical (unpaired) electrons. The van der Waals surface area contributed by atoms with Crippen molar-refractivity contribution in [2.45, 2.75) is 65.1 Å². The number of likely N-dealkylation sites (tertiary alicyclic amines) is 1. The number of nitrogens with zero attached hydrogens (tertiary/aromatic N) is 2. The van der Waals surface area contributed by atoms with Gasteiger partial charge in [0.25, 0.3) is 0 Å². The highest BCUT2D eigenvalue weighted by Gasteiger charge is 2.30. The fraction of sp³-hybridized carbons (Fsp3) is 0.667. The average Bonchev–Trinajstić information content (AvgIpc) is 2.48. The summed E-state index contributed by atoms with van der Waals surface area (Å²) in [5, 5.41) is 3.47. The summed E-state index contributed by atoms with van der Waals surface area (Å²) >= 11 is 0. The van der Waals surface area contributed by atoms with Gasteiger partial charge in [-0.1, -0.05) is 0 Å². The molecule has 1 unspecified atom stereocenters. The summed E-state index contributed by atoms with van der Waals surface area (Å²) in [5.41, 5.74) is 1.99. The molecule has 1 amide bonds. The van der Waals surface area contributed by atoms with E-state index in [-0.39, 0.29) is 12.1 Å². The SMILES string of the molecule is Cc1ccncc1CNCC1CCCCN1C(=O)OC(C)(C)C. The number of nitrogens with one attached hydrogen (secondary N) is 1. The Labute approximate surface area is 139 Å². The Balaban J connectivity index is 1.89. The first kappa shape index (κ1) is 17.7. The molecule has 5 heteroatoms. The van der Waals surface area contributed by atoms with Crippen LogP contribution in [0.25, 0.3) is 0 Å². The predicted molar refractivity (Wildman–Crippen MR) is 91.3 cm³/mol. The zero-order valence-electron chi connectivity index (χ0n) is 14.8. The van der Waals surface area contributed by atoms with Gasteiger partial charge in [0.15, 0.2) is 0 Å². The van der Waals surface area contributed by atoms with E-state index in [2.05, 4.69) is 17.2 Å². The molecule has 128 valence electrons. The monoisotopic (exact) mass is 319 g/mol. The van der Waals surface area contributed by atoms with Crippen LogP contribution in [0.5, 0.6) is 0 Å². The van der Waals surface area contributed by atoms with Crippen LogP contribution in [0.15, 0.2) is 18.5 Å². The van der Waals surface area contributed by atoms with Gasteiger partial charge >= 0.3 is 6.09 Å². The molecule has 1 atom stereocenters. The lowest BCUT2D eigenvalue weighted by atomic mass is 10.0. The lowest BCUT2D eigenvalue weighted by Crippen LogP contribution is -2.50. The Morgan fingerprint density at radius 2 is 2.22 bits per heavy atom. The predicted octanol–water partition coefficient (Wildman–Crippen LogP) is 3.27. The molecule has 5 nitrogen and oxygen atoms in total. The van der Waals surface area contributed by atoms with Gasteiger partial charge in [-0.05, 0) is 64.2 Å². The maximum Gasteiger partial charge on any atom is 0.410 e. The molecule has 0 aromatic carbocycles. The summed E-state index contributed by atoms with van der Waals surface area (Å²) in [6.45, 7) is 10.2. The van der Waals surface area contributed by atoms with Crippen molar-refractivity contribution in [3.05, 3.63) is 29.6 Å². The van der Waals surface area contributed by atoms with E-state index in [1.807, 2.05) is 44.1 Å². The molecule has 0 bridgehead atoms. The average molecular weight is 319 g/mol. The van der Waals surface area contributed by atoms with Gasteiger partial charge in [0.2, 0.25) is 0 Å². The van der Waals surface area contributed by atoms with Gasteiger partial charge < -0.3 is 15.0 Å². The van der Waals surface area contributed by atoms with Crippen LogP contribution in [-0.2, 0) is 11.3 Å². The number of aromatic nitrogens is 1. The van der Waals surface area contributed by atoms with E-state index < -0.39 is 5.60 Å². The maximum absolute atomic E-state index is 12.4. The second kappa shape index (κ2) is 7.77. The molecule has 1 aliphatic heterocycles. The zero-order chi connectivity index (χ0) is 16.9.